The first-order valence-corrected chi connectivity index (χ1v) is 9.85. The van der Waals surface area contributed by atoms with Crippen LogP contribution in [0.1, 0.15) is 11.1 Å². The lowest BCUT2D eigenvalue weighted by Crippen LogP contribution is -2.62. The van der Waals surface area contributed by atoms with Crippen LogP contribution < -0.4 is 10.2 Å². The van der Waals surface area contributed by atoms with Crippen molar-refractivity contribution in [2.75, 3.05) is 19.0 Å². The van der Waals surface area contributed by atoms with Crippen LogP contribution in [0, 0.1) is 0 Å². The van der Waals surface area contributed by atoms with Gasteiger partial charge in [-0.25, -0.2) is 9.59 Å². The molecular weight excluding hydrogens is 376 g/mol. The Morgan fingerprint density at radius 1 is 0.667 bits per heavy atom. The summed E-state index contributed by atoms with van der Waals surface area (Å²) in [5, 5.41) is 3.19. The van der Waals surface area contributed by atoms with Crippen LogP contribution >= 0.6 is 0 Å². The first kappa shape index (κ1) is 18.2. The zero-order valence-corrected chi connectivity index (χ0v) is 16.8. The third-order valence-electron chi connectivity index (χ3n) is 6.26. The molecule has 0 aliphatic carbocycles. The minimum atomic E-state index is -1.13. The maximum atomic E-state index is 13.6. The van der Waals surface area contributed by atoms with Gasteiger partial charge in [-0.3, -0.25) is 14.7 Å². The highest BCUT2D eigenvalue weighted by atomic mass is 16.2. The lowest BCUT2D eigenvalue weighted by molar-refractivity contribution is 0.0784. The van der Waals surface area contributed by atoms with E-state index >= 15 is 0 Å². The van der Waals surface area contributed by atoms with Gasteiger partial charge in [-0.05, 0) is 12.1 Å². The average Bonchev–Trinajstić information content (AvgIpc) is 3.17. The molecule has 3 aromatic carbocycles. The molecule has 6 heteroatoms. The van der Waals surface area contributed by atoms with Gasteiger partial charge < -0.3 is 5.32 Å². The molecule has 0 unspecified atom stereocenters. The standard InChI is InChI=1S/C24H22N4O2/c1-26-22(30)27(2)24(19-14-8-4-9-15-19)23(26,18-12-6-3-7-13-18)25-21(29)28(24)20-16-10-5-11-17-20/h3-17H,1-2H3,(H,25,29)/t23-,24-/m1/s1. The second kappa shape index (κ2) is 6.35. The lowest BCUT2D eigenvalue weighted by Gasteiger charge is -2.47. The fraction of sp³-hybridized carbons (Fsp3) is 0.167. The number of nitrogens with zero attached hydrogens (tertiary/aromatic N) is 3. The number of rotatable bonds is 3. The molecule has 0 saturated carbocycles. The van der Waals surface area contributed by atoms with Crippen molar-refractivity contribution in [3.05, 3.63) is 102 Å². The SMILES string of the molecule is CN1C(=O)N(C)[C@@]2(c3ccccc3)NC(=O)N(c3ccccc3)[C@@]12c1ccccc1. The number of carbonyl (C=O) groups excluding carboxylic acids is 2. The molecule has 150 valence electrons. The van der Waals surface area contributed by atoms with E-state index in [9.17, 15) is 9.59 Å². The maximum Gasteiger partial charge on any atom is 0.326 e. The van der Waals surface area contributed by atoms with Crippen LogP contribution in [-0.4, -0.2) is 36.0 Å². The van der Waals surface area contributed by atoms with Crippen LogP contribution in [0.2, 0.25) is 0 Å². The van der Waals surface area contributed by atoms with Gasteiger partial charge in [0, 0.05) is 30.9 Å². The molecule has 2 atom stereocenters. The molecule has 1 N–H and O–H groups in total. The van der Waals surface area contributed by atoms with E-state index < -0.39 is 11.3 Å². The number of fused-ring (bicyclic) bond motifs is 1. The van der Waals surface area contributed by atoms with E-state index in [1.54, 1.807) is 28.8 Å². The fourth-order valence-electron chi connectivity index (χ4n) is 5.05. The van der Waals surface area contributed by atoms with E-state index in [0.717, 1.165) is 11.1 Å². The van der Waals surface area contributed by atoms with E-state index in [1.807, 2.05) is 91.0 Å². The molecule has 0 aromatic heterocycles. The minimum absolute atomic E-state index is 0.177. The van der Waals surface area contributed by atoms with Crippen molar-refractivity contribution < 1.29 is 9.59 Å². The van der Waals surface area contributed by atoms with E-state index in [2.05, 4.69) is 5.32 Å². The van der Waals surface area contributed by atoms with Crippen LogP contribution in [0.25, 0.3) is 0 Å². The third kappa shape index (κ3) is 2.03. The summed E-state index contributed by atoms with van der Waals surface area (Å²) in [6.07, 6.45) is 0. The van der Waals surface area contributed by atoms with E-state index in [4.69, 9.17) is 0 Å². The number of nitrogens with one attached hydrogen (secondary N) is 1. The molecule has 2 aliphatic heterocycles. The summed E-state index contributed by atoms with van der Waals surface area (Å²) in [6, 6.07) is 28.5. The summed E-state index contributed by atoms with van der Waals surface area (Å²) in [5.41, 5.74) is 0.151. The van der Waals surface area contributed by atoms with Gasteiger partial charge in [0.1, 0.15) is 0 Å². The molecule has 30 heavy (non-hydrogen) atoms. The number of amides is 4. The monoisotopic (exact) mass is 398 g/mol. The summed E-state index contributed by atoms with van der Waals surface area (Å²) in [5.74, 6) is 0. The number of likely N-dealkylation sites (N-methyl/N-ethyl adjacent to an activating group) is 2. The Hall–Kier alpha value is -3.80. The minimum Gasteiger partial charge on any atom is -0.307 e. The van der Waals surface area contributed by atoms with Crippen molar-refractivity contribution in [2.24, 2.45) is 0 Å². The summed E-state index contributed by atoms with van der Waals surface area (Å²) in [7, 11) is 3.50. The number of para-hydroxylation sites is 1. The van der Waals surface area contributed by atoms with Crippen molar-refractivity contribution in [1.82, 2.24) is 15.1 Å². The second-order valence-corrected chi connectivity index (χ2v) is 7.62. The number of carbonyl (C=O) groups is 2. The first-order valence-electron chi connectivity index (χ1n) is 9.85. The van der Waals surface area contributed by atoms with E-state index in [-0.39, 0.29) is 12.1 Å². The smallest absolute Gasteiger partial charge is 0.307 e. The first-order chi connectivity index (χ1) is 14.5. The molecule has 2 heterocycles. The number of hydrogen-bond donors (Lipinski definition) is 1. The molecule has 4 amide bonds. The second-order valence-electron chi connectivity index (χ2n) is 7.62. The molecule has 0 spiro atoms. The fourth-order valence-corrected chi connectivity index (χ4v) is 5.05. The number of anilines is 1. The molecule has 2 fully saturated rings. The Labute approximate surface area is 175 Å². The van der Waals surface area contributed by atoms with Gasteiger partial charge in [0.2, 0.25) is 0 Å². The van der Waals surface area contributed by atoms with Crippen molar-refractivity contribution in [3.8, 4) is 0 Å². The van der Waals surface area contributed by atoms with Crippen molar-refractivity contribution in [1.29, 1.82) is 0 Å². The van der Waals surface area contributed by atoms with Gasteiger partial charge in [-0.2, -0.15) is 0 Å². The Morgan fingerprint density at radius 3 is 1.73 bits per heavy atom. The predicted octanol–water partition coefficient (Wildman–Crippen LogP) is 3.92. The zero-order chi connectivity index (χ0) is 20.9. The van der Waals surface area contributed by atoms with Crippen LogP contribution in [0.4, 0.5) is 15.3 Å². The highest BCUT2D eigenvalue weighted by Crippen LogP contribution is 2.57. The van der Waals surface area contributed by atoms with Gasteiger partial charge in [-0.15, -0.1) is 0 Å². The largest absolute Gasteiger partial charge is 0.326 e. The van der Waals surface area contributed by atoms with Gasteiger partial charge >= 0.3 is 12.1 Å². The Bertz CT molecular complexity index is 1110. The Balaban J connectivity index is 1.91. The number of urea groups is 2. The molecule has 2 saturated heterocycles. The molecule has 0 bridgehead atoms. The summed E-state index contributed by atoms with van der Waals surface area (Å²) in [6.45, 7) is 0. The molecule has 6 nitrogen and oxygen atoms in total. The Kier molecular flexibility index (Phi) is 3.86. The number of hydrogen-bond acceptors (Lipinski definition) is 2. The highest BCUT2D eigenvalue weighted by molar-refractivity contribution is 6.01. The van der Waals surface area contributed by atoms with Gasteiger partial charge in [0.25, 0.3) is 0 Å². The average molecular weight is 398 g/mol. The summed E-state index contributed by atoms with van der Waals surface area (Å²) < 4.78 is 0. The predicted molar refractivity (Wildman–Crippen MR) is 115 cm³/mol. The van der Waals surface area contributed by atoms with Crippen LogP contribution in [0.15, 0.2) is 91.0 Å². The van der Waals surface area contributed by atoms with E-state index in [0.29, 0.717) is 5.69 Å². The lowest BCUT2D eigenvalue weighted by atomic mass is 9.80. The van der Waals surface area contributed by atoms with Gasteiger partial charge in [-0.1, -0.05) is 78.9 Å². The Morgan fingerprint density at radius 2 is 1.17 bits per heavy atom. The third-order valence-corrected chi connectivity index (χ3v) is 6.26. The summed E-state index contributed by atoms with van der Waals surface area (Å²) >= 11 is 0. The van der Waals surface area contributed by atoms with E-state index in [1.165, 1.54) is 0 Å². The molecule has 5 rings (SSSR count). The van der Waals surface area contributed by atoms with Crippen molar-refractivity contribution in [3.63, 3.8) is 0 Å². The van der Waals surface area contributed by atoms with Gasteiger partial charge in [0.05, 0.1) is 0 Å². The topological polar surface area (TPSA) is 55.9 Å². The molecule has 2 aliphatic rings. The zero-order valence-electron chi connectivity index (χ0n) is 16.8. The van der Waals surface area contributed by atoms with Crippen molar-refractivity contribution >= 4 is 17.7 Å². The molecule has 0 radical (unpaired) electrons. The molecule has 3 aromatic rings. The number of benzene rings is 3. The van der Waals surface area contributed by atoms with Crippen LogP contribution in [-0.2, 0) is 11.3 Å². The van der Waals surface area contributed by atoms with Crippen LogP contribution in [0.5, 0.6) is 0 Å². The summed E-state index contributed by atoms with van der Waals surface area (Å²) in [4.78, 5) is 32.0. The normalized spacial score (nSPS) is 25.5. The van der Waals surface area contributed by atoms with Crippen LogP contribution in [0.3, 0.4) is 0 Å². The highest BCUT2D eigenvalue weighted by Gasteiger charge is 2.75. The maximum absolute atomic E-state index is 13.6. The molecular formula is C24H22N4O2. The van der Waals surface area contributed by atoms with Gasteiger partial charge in [0.15, 0.2) is 11.3 Å². The van der Waals surface area contributed by atoms with Crippen molar-refractivity contribution in [2.45, 2.75) is 11.3 Å². The quantitative estimate of drug-likeness (QED) is 0.727.